The summed E-state index contributed by atoms with van der Waals surface area (Å²) in [7, 11) is -3.21. The topological polar surface area (TPSA) is 94.2 Å². The van der Waals surface area contributed by atoms with Crippen LogP contribution < -0.4 is 4.74 Å². The highest BCUT2D eigenvalue weighted by Crippen LogP contribution is 2.35. The van der Waals surface area contributed by atoms with E-state index in [9.17, 15) is 8.42 Å². The third-order valence-electron chi connectivity index (χ3n) is 5.74. The second kappa shape index (κ2) is 8.96. The smallest absolute Gasteiger partial charge is 0.234 e. The number of ether oxygens (including phenoxy) is 2. The summed E-state index contributed by atoms with van der Waals surface area (Å²) in [5.41, 5.74) is 3.72. The first-order chi connectivity index (χ1) is 14.8. The summed E-state index contributed by atoms with van der Waals surface area (Å²) in [6.45, 7) is 5.43. The Morgan fingerprint density at radius 2 is 1.90 bits per heavy atom. The second-order valence-electron chi connectivity index (χ2n) is 8.50. The molecule has 1 aliphatic rings. The molecule has 1 aliphatic heterocycles. The van der Waals surface area contributed by atoms with Gasteiger partial charge in [-0.2, -0.15) is 4.98 Å². The monoisotopic (exact) mass is 443 g/mol. The van der Waals surface area contributed by atoms with Gasteiger partial charge < -0.3 is 14.5 Å². The normalized spacial score (nSPS) is 16.6. The van der Waals surface area contributed by atoms with Crippen LogP contribution in [-0.2, 0) is 21.0 Å². The second-order valence-corrected chi connectivity index (χ2v) is 10.5. The third-order valence-corrected chi connectivity index (χ3v) is 6.86. The molecule has 31 heavy (non-hydrogen) atoms. The predicted molar refractivity (Wildman–Crippen MR) is 119 cm³/mol. The largest absolute Gasteiger partial charge is 0.474 e. The fourth-order valence-corrected chi connectivity index (χ4v) is 4.85. The zero-order valence-electron chi connectivity index (χ0n) is 18.2. The number of sulfone groups is 1. The molecule has 1 fully saturated rings. The van der Waals surface area contributed by atoms with Crippen molar-refractivity contribution in [1.82, 2.24) is 15.0 Å². The van der Waals surface area contributed by atoms with Crippen LogP contribution in [0.15, 0.2) is 41.4 Å². The van der Waals surface area contributed by atoms with Crippen LogP contribution in [0.5, 0.6) is 5.88 Å². The van der Waals surface area contributed by atoms with E-state index in [0.29, 0.717) is 22.3 Å². The number of aromatic nitrogens is 3. The molecule has 0 spiro atoms. The van der Waals surface area contributed by atoms with Crippen molar-refractivity contribution < 1.29 is 17.9 Å². The minimum Gasteiger partial charge on any atom is -0.474 e. The van der Waals surface area contributed by atoms with Gasteiger partial charge in [0.15, 0.2) is 15.5 Å². The molecule has 0 amide bonds. The molecular formula is C23H29N3O4S. The van der Waals surface area contributed by atoms with Crippen LogP contribution in [0.3, 0.4) is 0 Å². The molecule has 1 saturated heterocycles. The molecule has 0 saturated carbocycles. The van der Waals surface area contributed by atoms with E-state index < -0.39 is 9.84 Å². The number of hydrogen-bond acceptors (Lipinski definition) is 6. The summed E-state index contributed by atoms with van der Waals surface area (Å²) in [5, 5.41) is 0. The lowest BCUT2D eigenvalue weighted by Gasteiger charge is -2.30. The standard InChI is InChI=1S/C23H29N3O4S/c1-15(2)30-22-14-24-21-13-18(25-23(21)26-22)12-20(17-8-10-29-11-9-17)16-4-6-19(7-5-16)31(3,27)28/h4-7,13-15,17,20H,8-12H2,1-3H3,(H,25,26). The maximum atomic E-state index is 11.9. The summed E-state index contributed by atoms with van der Waals surface area (Å²) in [4.78, 5) is 12.8. The van der Waals surface area contributed by atoms with Crippen molar-refractivity contribution in [2.45, 2.75) is 50.0 Å². The molecule has 4 rings (SSSR count). The van der Waals surface area contributed by atoms with Crippen molar-refractivity contribution in [2.75, 3.05) is 19.5 Å². The van der Waals surface area contributed by atoms with Crippen LogP contribution in [0.2, 0.25) is 0 Å². The first-order valence-corrected chi connectivity index (χ1v) is 12.6. The van der Waals surface area contributed by atoms with Gasteiger partial charge in [-0.15, -0.1) is 0 Å². The van der Waals surface area contributed by atoms with Gasteiger partial charge in [0.05, 0.1) is 17.2 Å². The summed E-state index contributed by atoms with van der Waals surface area (Å²) in [5.74, 6) is 1.22. The molecule has 0 bridgehead atoms. The minimum atomic E-state index is -3.21. The van der Waals surface area contributed by atoms with Gasteiger partial charge in [0.25, 0.3) is 0 Å². The van der Waals surface area contributed by atoms with Crippen molar-refractivity contribution in [3.8, 4) is 5.88 Å². The number of benzene rings is 1. The fourth-order valence-electron chi connectivity index (χ4n) is 4.22. The number of fused-ring (bicyclic) bond motifs is 1. The van der Waals surface area contributed by atoms with Crippen molar-refractivity contribution in [2.24, 2.45) is 5.92 Å². The average molecular weight is 444 g/mol. The molecule has 3 aromatic rings. The van der Waals surface area contributed by atoms with Gasteiger partial charge in [-0.25, -0.2) is 13.4 Å². The lowest BCUT2D eigenvalue weighted by molar-refractivity contribution is 0.0576. The predicted octanol–water partition coefficient (Wildman–Crippen LogP) is 3.90. The third kappa shape index (κ3) is 5.25. The van der Waals surface area contributed by atoms with E-state index in [1.54, 1.807) is 18.3 Å². The summed E-state index contributed by atoms with van der Waals surface area (Å²) < 4.78 is 34.9. The van der Waals surface area contributed by atoms with E-state index in [1.807, 2.05) is 32.0 Å². The molecule has 1 N–H and O–H groups in total. The van der Waals surface area contributed by atoms with E-state index in [2.05, 4.69) is 15.0 Å². The zero-order chi connectivity index (χ0) is 22.0. The van der Waals surface area contributed by atoms with Gasteiger partial charge in [-0.3, -0.25) is 0 Å². The summed E-state index contributed by atoms with van der Waals surface area (Å²) >= 11 is 0. The van der Waals surface area contributed by atoms with Gasteiger partial charge in [0, 0.05) is 25.2 Å². The highest BCUT2D eigenvalue weighted by Gasteiger charge is 2.27. The van der Waals surface area contributed by atoms with Gasteiger partial charge in [0.1, 0.15) is 5.52 Å². The SMILES string of the molecule is CC(C)Oc1cnc2cc(CC(c3ccc(S(C)(=O)=O)cc3)C3CCOCC3)[nH]c2n1. The Kier molecular flexibility index (Phi) is 6.29. The molecule has 1 atom stereocenters. The minimum absolute atomic E-state index is 0.0361. The number of nitrogens with one attached hydrogen (secondary N) is 1. The van der Waals surface area contributed by atoms with E-state index in [-0.39, 0.29) is 12.0 Å². The molecule has 0 aliphatic carbocycles. The Bertz CT molecular complexity index is 1130. The molecule has 1 unspecified atom stereocenters. The van der Waals surface area contributed by atoms with Crippen molar-refractivity contribution in [1.29, 1.82) is 0 Å². The Labute approximate surface area is 183 Å². The number of hydrogen-bond donors (Lipinski definition) is 1. The molecule has 1 aromatic carbocycles. The van der Waals surface area contributed by atoms with Crippen molar-refractivity contribution in [3.05, 3.63) is 47.8 Å². The highest BCUT2D eigenvalue weighted by molar-refractivity contribution is 7.90. The molecular weight excluding hydrogens is 414 g/mol. The summed E-state index contributed by atoms with van der Waals surface area (Å²) in [6, 6.07) is 9.36. The molecule has 7 nitrogen and oxygen atoms in total. The van der Waals surface area contributed by atoms with Gasteiger partial charge in [-0.05, 0) is 68.7 Å². The molecule has 0 radical (unpaired) electrons. The lowest BCUT2D eigenvalue weighted by Crippen LogP contribution is -2.23. The highest BCUT2D eigenvalue weighted by atomic mass is 32.2. The maximum absolute atomic E-state index is 11.9. The number of aromatic amines is 1. The maximum Gasteiger partial charge on any atom is 0.234 e. The van der Waals surface area contributed by atoms with Crippen molar-refractivity contribution >= 4 is 21.0 Å². The molecule has 8 heteroatoms. The quantitative estimate of drug-likeness (QED) is 0.595. The lowest BCUT2D eigenvalue weighted by atomic mass is 9.78. The van der Waals surface area contributed by atoms with Crippen molar-refractivity contribution in [3.63, 3.8) is 0 Å². The van der Waals surface area contributed by atoms with Crippen LogP contribution >= 0.6 is 0 Å². The Balaban J connectivity index is 1.63. The van der Waals surface area contributed by atoms with E-state index >= 15 is 0 Å². The average Bonchev–Trinajstić information content (AvgIpc) is 3.13. The first kappa shape index (κ1) is 21.8. The zero-order valence-corrected chi connectivity index (χ0v) is 19.0. The molecule has 166 valence electrons. The number of H-pyrrole nitrogens is 1. The number of nitrogens with zero attached hydrogens (tertiary/aromatic N) is 2. The van der Waals surface area contributed by atoms with Crippen LogP contribution in [-0.4, -0.2) is 48.9 Å². The number of rotatable bonds is 7. The Morgan fingerprint density at radius 1 is 1.19 bits per heavy atom. The van der Waals surface area contributed by atoms with Crippen LogP contribution in [0, 0.1) is 5.92 Å². The van der Waals surface area contributed by atoms with Crippen LogP contribution in [0.4, 0.5) is 0 Å². The summed E-state index contributed by atoms with van der Waals surface area (Å²) in [6.07, 6.45) is 5.69. The fraction of sp³-hybridized carbons (Fsp3) is 0.478. The Hall–Kier alpha value is -2.45. The van der Waals surface area contributed by atoms with E-state index in [0.717, 1.165) is 49.3 Å². The van der Waals surface area contributed by atoms with Crippen LogP contribution in [0.25, 0.3) is 11.2 Å². The van der Waals surface area contributed by atoms with Gasteiger partial charge in [-0.1, -0.05) is 12.1 Å². The van der Waals surface area contributed by atoms with E-state index in [1.165, 1.54) is 6.26 Å². The Morgan fingerprint density at radius 3 is 2.55 bits per heavy atom. The van der Waals surface area contributed by atoms with E-state index in [4.69, 9.17) is 9.47 Å². The first-order valence-electron chi connectivity index (χ1n) is 10.7. The molecule has 3 heterocycles. The van der Waals surface area contributed by atoms with Gasteiger partial charge >= 0.3 is 0 Å². The van der Waals surface area contributed by atoms with Gasteiger partial charge in [0.2, 0.25) is 5.88 Å². The molecule has 2 aromatic heterocycles. The van der Waals surface area contributed by atoms with Crippen LogP contribution in [0.1, 0.15) is 43.9 Å².